The first-order valence-electron chi connectivity index (χ1n) is 9.89. The Morgan fingerprint density at radius 1 is 1.07 bits per heavy atom. The predicted octanol–water partition coefficient (Wildman–Crippen LogP) is 4.24. The lowest BCUT2D eigenvalue weighted by Gasteiger charge is -2.28. The summed E-state index contributed by atoms with van der Waals surface area (Å²) in [5.41, 5.74) is 5.05. The molecule has 2 atom stereocenters. The van der Waals surface area contributed by atoms with E-state index >= 15 is 0 Å². The molecule has 0 spiro atoms. The Morgan fingerprint density at radius 2 is 1.73 bits per heavy atom. The molecule has 2 aliphatic rings. The first-order chi connectivity index (χ1) is 14.4. The number of anilines is 1. The van der Waals surface area contributed by atoms with Gasteiger partial charge in [0.05, 0.1) is 16.8 Å². The zero-order chi connectivity index (χ0) is 21.3. The van der Waals surface area contributed by atoms with Gasteiger partial charge < -0.3 is 0 Å². The van der Waals surface area contributed by atoms with Crippen LogP contribution in [0.2, 0.25) is 10.0 Å². The number of carbonyl (C=O) groups excluding carboxylic acids is 2. The van der Waals surface area contributed by atoms with Crippen LogP contribution in [0.25, 0.3) is 0 Å². The molecule has 2 aromatic rings. The van der Waals surface area contributed by atoms with E-state index in [0.717, 1.165) is 11.3 Å². The molecule has 0 saturated carbocycles. The van der Waals surface area contributed by atoms with Crippen LogP contribution >= 0.6 is 23.2 Å². The lowest BCUT2D eigenvalue weighted by Crippen LogP contribution is -2.49. The van der Waals surface area contributed by atoms with Gasteiger partial charge in [-0.3, -0.25) is 20.0 Å². The highest BCUT2D eigenvalue weighted by Crippen LogP contribution is 2.41. The molecule has 156 valence electrons. The summed E-state index contributed by atoms with van der Waals surface area (Å²) in [4.78, 5) is 24.5. The molecular formula is C22H22Cl2N4O2. The average Bonchev–Trinajstić information content (AvgIpc) is 3.08. The molecule has 8 heteroatoms. The van der Waals surface area contributed by atoms with Crippen LogP contribution < -0.4 is 10.4 Å². The number of piperidine rings is 1. The molecule has 4 rings (SSSR count). The largest absolute Gasteiger partial charge is 0.300 e. The van der Waals surface area contributed by atoms with Crippen molar-refractivity contribution in [2.45, 2.75) is 25.8 Å². The Balaban J connectivity index is 1.64. The van der Waals surface area contributed by atoms with Crippen LogP contribution in [0.15, 0.2) is 53.6 Å². The number of para-hydroxylation sites is 1. The second-order valence-corrected chi connectivity index (χ2v) is 8.38. The topological polar surface area (TPSA) is 65.0 Å². The summed E-state index contributed by atoms with van der Waals surface area (Å²) in [6, 6.07) is 14.8. The van der Waals surface area contributed by atoms with Crippen LogP contribution in [0.4, 0.5) is 5.69 Å². The van der Waals surface area contributed by atoms with E-state index < -0.39 is 0 Å². The Labute approximate surface area is 185 Å². The van der Waals surface area contributed by atoms with E-state index in [2.05, 4.69) is 10.5 Å². The SMILES string of the molecule is C[C@H]1C(C(=O)NN2CCC(=O)CC2)=NN(c2ccccc2Cl)[C@H]1c1ccc(Cl)cc1. The van der Waals surface area contributed by atoms with Gasteiger partial charge in [-0.2, -0.15) is 5.10 Å². The van der Waals surface area contributed by atoms with Gasteiger partial charge in [-0.15, -0.1) is 0 Å². The van der Waals surface area contributed by atoms with Crippen molar-refractivity contribution in [3.8, 4) is 0 Å². The zero-order valence-corrected chi connectivity index (χ0v) is 18.0. The molecule has 1 amide bonds. The standard InChI is InChI=1S/C22H22Cl2N4O2/c1-14-20(22(30)26-27-12-10-17(29)11-13-27)25-28(19-5-3-2-4-18(19)24)21(14)15-6-8-16(23)9-7-15/h2-9,14,21H,10-13H2,1H3,(H,26,30)/t14-,21+/m0/s1. The summed E-state index contributed by atoms with van der Waals surface area (Å²) in [5.74, 6) is -0.223. The molecule has 2 heterocycles. The van der Waals surface area contributed by atoms with Crippen LogP contribution in [0, 0.1) is 5.92 Å². The van der Waals surface area contributed by atoms with Crippen LogP contribution in [-0.2, 0) is 9.59 Å². The molecule has 1 saturated heterocycles. The average molecular weight is 445 g/mol. The number of amides is 1. The third-order valence-electron chi connectivity index (χ3n) is 5.51. The molecule has 0 aliphatic carbocycles. The van der Waals surface area contributed by atoms with Gasteiger partial charge in [0, 0.05) is 36.9 Å². The van der Waals surface area contributed by atoms with Crippen molar-refractivity contribution in [2.75, 3.05) is 18.1 Å². The minimum Gasteiger partial charge on any atom is -0.300 e. The van der Waals surface area contributed by atoms with Gasteiger partial charge in [-0.05, 0) is 29.8 Å². The molecule has 1 fully saturated rings. The van der Waals surface area contributed by atoms with Gasteiger partial charge in [-0.1, -0.05) is 54.4 Å². The predicted molar refractivity (Wildman–Crippen MR) is 119 cm³/mol. The smallest absolute Gasteiger partial charge is 0.282 e. The summed E-state index contributed by atoms with van der Waals surface area (Å²) in [5, 5.41) is 9.49. The zero-order valence-electron chi connectivity index (χ0n) is 16.5. The van der Waals surface area contributed by atoms with Crippen LogP contribution in [0.1, 0.15) is 31.4 Å². The van der Waals surface area contributed by atoms with E-state index in [1.807, 2.05) is 54.4 Å². The van der Waals surface area contributed by atoms with Crippen molar-refractivity contribution in [2.24, 2.45) is 11.0 Å². The van der Waals surface area contributed by atoms with Crippen molar-refractivity contribution in [3.05, 3.63) is 64.1 Å². The molecule has 0 radical (unpaired) electrons. The number of hydrazine groups is 1. The van der Waals surface area contributed by atoms with Gasteiger partial charge in [-0.25, -0.2) is 5.01 Å². The van der Waals surface area contributed by atoms with Crippen molar-refractivity contribution in [3.63, 3.8) is 0 Å². The molecule has 0 aromatic heterocycles. The molecule has 2 aromatic carbocycles. The van der Waals surface area contributed by atoms with Crippen molar-refractivity contribution in [1.82, 2.24) is 10.4 Å². The molecule has 1 N–H and O–H groups in total. The number of hydrogen-bond acceptors (Lipinski definition) is 5. The second-order valence-electron chi connectivity index (χ2n) is 7.53. The van der Waals surface area contributed by atoms with E-state index in [9.17, 15) is 9.59 Å². The summed E-state index contributed by atoms with van der Waals surface area (Å²) in [7, 11) is 0. The molecular weight excluding hydrogens is 423 g/mol. The molecule has 0 unspecified atom stereocenters. The van der Waals surface area contributed by atoms with Gasteiger partial charge in [0.25, 0.3) is 5.91 Å². The summed E-state index contributed by atoms with van der Waals surface area (Å²) >= 11 is 12.5. The minimum atomic E-state index is -0.259. The number of ketones is 1. The highest BCUT2D eigenvalue weighted by molar-refractivity contribution is 6.40. The highest BCUT2D eigenvalue weighted by atomic mass is 35.5. The summed E-state index contributed by atoms with van der Waals surface area (Å²) < 4.78 is 0. The lowest BCUT2D eigenvalue weighted by atomic mass is 9.91. The normalized spacial score (nSPS) is 22.2. The van der Waals surface area contributed by atoms with Gasteiger partial charge in [0.1, 0.15) is 11.5 Å². The number of nitrogens with zero attached hydrogens (tertiary/aromatic N) is 3. The Hall–Kier alpha value is -2.41. The number of benzene rings is 2. The third-order valence-corrected chi connectivity index (χ3v) is 6.08. The number of hydrogen-bond donors (Lipinski definition) is 1. The van der Waals surface area contributed by atoms with Crippen LogP contribution in [0.5, 0.6) is 0 Å². The van der Waals surface area contributed by atoms with Crippen molar-refractivity contribution < 1.29 is 9.59 Å². The fraction of sp³-hybridized carbons (Fsp3) is 0.318. The number of nitrogens with one attached hydrogen (secondary N) is 1. The quantitative estimate of drug-likeness (QED) is 0.765. The fourth-order valence-electron chi connectivity index (χ4n) is 3.88. The number of carbonyl (C=O) groups is 2. The Kier molecular flexibility index (Phi) is 6.09. The number of Topliss-reactive ketones (excluding diaryl/α,β-unsaturated/α-hetero) is 1. The lowest BCUT2D eigenvalue weighted by molar-refractivity contribution is -0.126. The summed E-state index contributed by atoms with van der Waals surface area (Å²) in [6.07, 6.45) is 0.892. The third kappa shape index (κ3) is 4.21. The van der Waals surface area contributed by atoms with E-state index in [0.29, 0.717) is 41.7 Å². The number of rotatable bonds is 4. The van der Waals surface area contributed by atoms with Gasteiger partial charge in [0.2, 0.25) is 0 Å². The maximum Gasteiger partial charge on any atom is 0.282 e. The molecule has 6 nitrogen and oxygen atoms in total. The van der Waals surface area contributed by atoms with E-state index in [4.69, 9.17) is 23.2 Å². The minimum absolute atomic E-state index is 0.186. The first kappa shape index (κ1) is 20.8. The van der Waals surface area contributed by atoms with Gasteiger partial charge >= 0.3 is 0 Å². The maximum atomic E-state index is 13.0. The van der Waals surface area contributed by atoms with Gasteiger partial charge in [0.15, 0.2) is 0 Å². The second kappa shape index (κ2) is 8.76. The highest BCUT2D eigenvalue weighted by Gasteiger charge is 2.40. The van der Waals surface area contributed by atoms with Crippen molar-refractivity contribution >= 4 is 46.3 Å². The van der Waals surface area contributed by atoms with Crippen molar-refractivity contribution in [1.29, 1.82) is 0 Å². The Bertz CT molecular complexity index is 983. The summed E-state index contributed by atoms with van der Waals surface area (Å²) in [6.45, 7) is 3.01. The van der Waals surface area contributed by atoms with E-state index in [-0.39, 0.29) is 23.7 Å². The van der Waals surface area contributed by atoms with E-state index in [1.54, 1.807) is 11.1 Å². The van der Waals surface area contributed by atoms with Crippen LogP contribution in [-0.4, -0.2) is 35.5 Å². The molecule has 2 aliphatic heterocycles. The Morgan fingerprint density at radius 3 is 2.40 bits per heavy atom. The number of halogens is 2. The maximum absolute atomic E-state index is 13.0. The van der Waals surface area contributed by atoms with Crippen LogP contribution in [0.3, 0.4) is 0 Å². The molecule has 0 bridgehead atoms. The van der Waals surface area contributed by atoms with E-state index in [1.165, 1.54) is 0 Å². The monoisotopic (exact) mass is 444 g/mol. The molecule has 30 heavy (non-hydrogen) atoms. The fourth-order valence-corrected chi connectivity index (χ4v) is 4.23. The first-order valence-corrected chi connectivity index (χ1v) is 10.6. The number of hydrazone groups is 1.